The minimum Gasteiger partial charge on any atom is -0.512 e. The molecular weight excluding hydrogens is 172 g/mol. The van der Waals surface area contributed by atoms with Gasteiger partial charge in [-0.3, -0.25) is 4.79 Å². The summed E-state index contributed by atoms with van der Waals surface area (Å²) in [5.41, 5.74) is -0.414. The zero-order valence-electron chi connectivity index (χ0n) is 6.80. The van der Waals surface area contributed by atoms with Crippen LogP contribution in [0.15, 0.2) is 17.3 Å². The van der Waals surface area contributed by atoms with Crippen LogP contribution in [0.3, 0.4) is 0 Å². The molecule has 1 N–H and O–H groups in total. The Morgan fingerprint density at radius 1 is 1.54 bits per heavy atom. The summed E-state index contributed by atoms with van der Waals surface area (Å²) in [5.74, 6) is 0.157. The smallest absolute Gasteiger partial charge is 0.286 e. The fraction of sp³-hybridized carbons (Fsp3) is 0.143. The number of hydrogen-bond acceptors (Lipinski definition) is 5. The molecule has 0 bridgehead atoms. The van der Waals surface area contributed by atoms with E-state index in [1.54, 1.807) is 0 Å². The molecule has 0 spiro atoms. The maximum Gasteiger partial charge on any atom is 0.286 e. The van der Waals surface area contributed by atoms with E-state index in [1.807, 2.05) is 0 Å². The van der Waals surface area contributed by atoms with Gasteiger partial charge in [-0.2, -0.15) is 14.6 Å². The van der Waals surface area contributed by atoms with Crippen molar-refractivity contribution in [2.45, 2.75) is 6.92 Å². The third-order valence-electron chi connectivity index (χ3n) is 1.65. The van der Waals surface area contributed by atoms with Crippen LogP contribution in [0.25, 0.3) is 11.5 Å². The molecule has 6 nitrogen and oxygen atoms in total. The van der Waals surface area contributed by atoms with Gasteiger partial charge in [-0.25, -0.2) is 4.98 Å². The normalized spacial score (nSPS) is 13.3. The molecule has 6 heteroatoms. The zero-order chi connectivity index (χ0) is 9.42. The van der Waals surface area contributed by atoms with E-state index in [0.717, 1.165) is 4.52 Å². The molecule has 0 aliphatic carbocycles. The van der Waals surface area contributed by atoms with Gasteiger partial charge in [0.25, 0.3) is 11.3 Å². The lowest BCUT2D eigenvalue weighted by atomic mass is 10.4. The van der Waals surface area contributed by atoms with Crippen molar-refractivity contribution in [3.63, 3.8) is 0 Å². The number of aromatic nitrogens is 4. The Bertz CT molecular complexity index is 555. The van der Waals surface area contributed by atoms with Crippen LogP contribution in [-0.2, 0) is 0 Å². The molecule has 0 fully saturated rings. The predicted octanol–water partition coefficient (Wildman–Crippen LogP) is -1.11. The molecule has 0 aliphatic heterocycles. The van der Waals surface area contributed by atoms with Crippen molar-refractivity contribution >= 4 is 11.5 Å². The Morgan fingerprint density at radius 2 is 2.31 bits per heavy atom. The van der Waals surface area contributed by atoms with E-state index in [0.29, 0.717) is 0 Å². The Balaban J connectivity index is 3.07. The topological polar surface area (TPSA) is 80.4 Å². The molecule has 13 heavy (non-hydrogen) atoms. The molecule has 2 aromatic rings. The Morgan fingerprint density at radius 3 is 3.00 bits per heavy atom. The number of nitrogens with zero attached hydrogens (tertiary/aromatic N) is 4. The Kier molecular flexibility index (Phi) is 1.48. The molecule has 0 saturated carbocycles. The molecule has 2 rings (SSSR count). The highest BCUT2D eigenvalue weighted by molar-refractivity contribution is 5.32. The van der Waals surface area contributed by atoms with Crippen LogP contribution in [0, 0.1) is 0 Å². The summed E-state index contributed by atoms with van der Waals surface area (Å²) in [6.45, 7) is 1.42. The average Bonchev–Trinajstić information content (AvgIpc) is 2.52. The Labute approximate surface area is 72.2 Å². The molecule has 0 unspecified atom stereocenters. The molecule has 0 aliphatic rings. The predicted molar refractivity (Wildman–Crippen MR) is 44.0 cm³/mol. The number of aliphatic hydroxyl groups is 1. The van der Waals surface area contributed by atoms with Crippen molar-refractivity contribution in [1.82, 2.24) is 19.6 Å². The van der Waals surface area contributed by atoms with Gasteiger partial charge in [0, 0.05) is 6.20 Å². The SMILES string of the molecule is C/C(O)=c1/cnc2ncnn2c1=O. The van der Waals surface area contributed by atoms with Gasteiger partial charge < -0.3 is 5.11 Å². The standard InChI is InChI=1S/C7H6N4O2/c1-4(12)5-2-8-7-9-3-10-11(7)6(5)13/h2-3,12H,1H3/b5-4+. The minimum absolute atomic E-state index is 0.0742. The summed E-state index contributed by atoms with van der Waals surface area (Å²) >= 11 is 0. The van der Waals surface area contributed by atoms with Crippen LogP contribution in [0.4, 0.5) is 0 Å². The first-order chi connectivity index (χ1) is 6.20. The summed E-state index contributed by atoms with van der Waals surface area (Å²) in [4.78, 5) is 19.0. The zero-order valence-corrected chi connectivity index (χ0v) is 6.80. The summed E-state index contributed by atoms with van der Waals surface area (Å²) in [6.07, 6.45) is 2.52. The van der Waals surface area contributed by atoms with Gasteiger partial charge in [-0.15, -0.1) is 0 Å². The molecule has 66 valence electrons. The van der Waals surface area contributed by atoms with Gasteiger partial charge in [0.2, 0.25) is 0 Å². The van der Waals surface area contributed by atoms with Gasteiger partial charge in [-0.1, -0.05) is 0 Å². The second-order valence-electron chi connectivity index (χ2n) is 2.53. The highest BCUT2D eigenvalue weighted by Crippen LogP contribution is 1.83. The van der Waals surface area contributed by atoms with Gasteiger partial charge in [0.05, 0.1) is 5.22 Å². The van der Waals surface area contributed by atoms with E-state index < -0.39 is 5.56 Å². The van der Waals surface area contributed by atoms with E-state index in [2.05, 4.69) is 15.1 Å². The van der Waals surface area contributed by atoms with Crippen molar-refractivity contribution in [2.24, 2.45) is 0 Å². The molecule has 2 heterocycles. The molecule has 0 amide bonds. The van der Waals surface area contributed by atoms with Gasteiger partial charge in [0.1, 0.15) is 12.1 Å². The van der Waals surface area contributed by atoms with E-state index in [-0.39, 0.29) is 16.8 Å². The first-order valence-electron chi connectivity index (χ1n) is 3.59. The van der Waals surface area contributed by atoms with Crippen LogP contribution in [0.2, 0.25) is 0 Å². The van der Waals surface area contributed by atoms with E-state index in [9.17, 15) is 4.79 Å². The number of aliphatic hydroxyl groups excluding tert-OH is 1. The summed E-state index contributed by atoms with van der Waals surface area (Å²) in [7, 11) is 0. The molecule has 0 radical (unpaired) electrons. The summed E-state index contributed by atoms with van der Waals surface area (Å²) < 4.78 is 1.04. The van der Waals surface area contributed by atoms with Gasteiger partial charge in [0.15, 0.2) is 0 Å². The maximum absolute atomic E-state index is 11.5. The van der Waals surface area contributed by atoms with Crippen molar-refractivity contribution in [3.8, 4) is 0 Å². The number of hydrogen-bond donors (Lipinski definition) is 1. The molecule has 0 saturated heterocycles. The average molecular weight is 178 g/mol. The fourth-order valence-corrected chi connectivity index (χ4v) is 1.01. The van der Waals surface area contributed by atoms with E-state index in [4.69, 9.17) is 5.11 Å². The second kappa shape index (κ2) is 2.51. The Hall–Kier alpha value is -1.98. The van der Waals surface area contributed by atoms with Crippen LogP contribution >= 0.6 is 0 Å². The highest BCUT2D eigenvalue weighted by atomic mass is 16.3. The quantitative estimate of drug-likeness (QED) is 0.553. The maximum atomic E-state index is 11.5. The van der Waals surface area contributed by atoms with Crippen LogP contribution in [0.5, 0.6) is 0 Å². The lowest BCUT2D eigenvalue weighted by Crippen LogP contribution is -2.33. The minimum atomic E-state index is -0.414. The van der Waals surface area contributed by atoms with Gasteiger partial charge in [-0.05, 0) is 6.92 Å². The van der Waals surface area contributed by atoms with Crippen molar-refractivity contribution < 1.29 is 5.11 Å². The summed E-state index contributed by atoms with van der Waals surface area (Å²) in [5, 5.41) is 12.9. The van der Waals surface area contributed by atoms with Crippen LogP contribution in [-0.4, -0.2) is 24.7 Å². The monoisotopic (exact) mass is 178 g/mol. The third kappa shape index (κ3) is 1.03. The highest BCUT2D eigenvalue weighted by Gasteiger charge is 2.02. The van der Waals surface area contributed by atoms with E-state index >= 15 is 0 Å². The lowest BCUT2D eigenvalue weighted by molar-refractivity contribution is 0.497. The van der Waals surface area contributed by atoms with Crippen LogP contribution in [0.1, 0.15) is 6.92 Å². The number of fused-ring (bicyclic) bond motifs is 1. The lowest BCUT2D eigenvalue weighted by Gasteiger charge is -1.90. The van der Waals surface area contributed by atoms with E-state index in [1.165, 1.54) is 19.4 Å². The van der Waals surface area contributed by atoms with Gasteiger partial charge >= 0.3 is 0 Å². The van der Waals surface area contributed by atoms with Crippen molar-refractivity contribution in [3.05, 3.63) is 28.1 Å². The molecule has 0 atom stereocenters. The molecular formula is C7H6N4O2. The second-order valence-corrected chi connectivity index (χ2v) is 2.53. The molecule has 0 aromatic carbocycles. The number of rotatable bonds is 0. The largest absolute Gasteiger partial charge is 0.512 e. The molecule has 2 aromatic heterocycles. The fourth-order valence-electron chi connectivity index (χ4n) is 1.01. The van der Waals surface area contributed by atoms with Crippen LogP contribution < -0.4 is 10.8 Å². The van der Waals surface area contributed by atoms with Crippen molar-refractivity contribution in [1.29, 1.82) is 0 Å². The summed E-state index contributed by atoms with van der Waals surface area (Å²) in [6, 6.07) is 0. The first-order valence-corrected chi connectivity index (χ1v) is 3.59. The van der Waals surface area contributed by atoms with Crippen molar-refractivity contribution in [2.75, 3.05) is 0 Å². The third-order valence-corrected chi connectivity index (χ3v) is 1.65. The first kappa shape index (κ1) is 7.66.